The van der Waals surface area contributed by atoms with Gasteiger partial charge in [-0.15, -0.1) is 11.3 Å². The van der Waals surface area contributed by atoms with Gasteiger partial charge in [-0.3, -0.25) is 9.80 Å². The van der Waals surface area contributed by atoms with Crippen LogP contribution in [-0.4, -0.2) is 36.0 Å². The molecule has 2 aromatic rings. The molecule has 0 bridgehead atoms. The van der Waals surface area contributed by atoms with Crippen LogP contribution in [0.2, 0.25) is 5.02 Å². The third-order valence-corrected chi connectivity index (χ3v) is 5.26. The van der Waals surface area contributed by atoms with Crippen LogP contribution in [0.1, 0.15) is 16.9 Å². The molecule has 0 amide bonds. The van der Waals surface area contributed by atoms with E-state index < -0.39 is 0 Å². The summed E-state index contributed by atoms with van der Waals surface area (Å²) in [6.07, 6.45) is 1.16. The van der Waals surface area contributed by atoms with Gasteiger partial charge in [0, 0.05) is 36.1 Å². The van der Waals surface area contributed by atoms with Gasteiger partial charge in [-0.25, -0.2) is 4.39 Å². The second-order valence-corrected chi connectivity index (χ2v) is 7.16. The Balaban J connectivity index is 1.56. The molecule has 1 saturated heterocycles. The van der Waals surface area contributed by atoms with E-state index in [1.807, 2.05) is 11.3 Å². The quantitative estimate of drug-likeness (QED) is 0.822. The summed E-state index contributed by atoms with van der Waals surface area (Å²) >= 11 is 7.96. The minimum absolute atomic E-state index is 0.272. The van der Waals surface area contributed by atoms with E-state index in [1.165, 1.54) is 17.0 Å². The average molecular weight is 339 g/mol. The third-order valence-electron chi connectivity index (χ3n) is 4.05. The average Bonchev–Trinajstić information content (AvgIpc) is 2.90. The molecular formula is C17H20ClFN2S. The van der Waals surface area contributed by atoms with Crippen molar-refractivity contribution >= 4 is 22.9 Å². The predicted molar refractivity (Wildman–Crippen MR) is 90.9 cm³/mol. The topological polar surface area (TPSA) is 6.48 Å². The molecule has 1 aromatic carbocycles. The smallest absolute Gasteiger partial charge is 0.124 e. The summed E-state index contributed by atoms with van der Waals surface area (Å²) in [5.74, 6) is -0.272. The summed E-state index contributed by atoms with van der Waals surface area (Å²) in [4.78, 5) is 6.35. The SMILES string of the molecule is Fc1ccc(CN2CCCN(Cc3cccs3)CC2)c(Cl)c1. The summed E-state index contributed by atoms with van der Waals surface area (Å²) in [7, 11) is 0. The Labute approximate surface area is 140 Å². The van der Waals surface area contributed by atoms with Crippen molar-refractivity contribution in [2.75, 3.05) is 26.2 Å². The summed E-state index contributed by atoms with van der Waals surface area (Å²) in [5.41, 5.74) is 1.01. The fraction of sp³-hybridized carbons (Fsp3) is 0.412. The van der Waals surface area contributed by atoms with Crippen molar-refractivity contribution in [3.63, 3.8) is 0 Å². The van der Waals surface area contributed by atoms with Crippen LogP contribution in [0, 0.1) is 5.82 Å². The van der Waals surface area contributed by atoms with Gasteiger partial charge >= 0.3 is 0 Å². The zero-order valence-electron chi connectivity index (χ0n) is 12.5. The molecule has 3 rings (SSSR count). The number of benzene rings is 1. The molecule has 0 N–H and O–H groups in total. The van der Waals surface area contributed by atoms with E-state index in [-0.39, 0.29) is 5.82 Å². The van der Waals surface area contributed by atoms with Crippen molar-refractivity contribution in [1.82, 2.24) is 9.80 Å². The van der Waals surface area contributed by atoms with Crippen LogP contribution >= 0.6 is 22.9 Å². The van der Waals surface area contributed by atoms with Crippen LogP contribution < -0.4 is 0 Å². The second-order valence-electron chi connectivity index (χ2n) is 5.72. The second kappa shape index (κ2) is 7.55. The Kier molecular flexibility index (Phi) is 5.47. The Hall–Kier alpha value is -0.940. The van der Waals surface area contributed by atoms with Gasteiger partial charge in [0.1, 0.15) is 5.82 Å². The molecule has 0 radical (unpaired) electrons. The molecule has 5 heteroatoms. The molecule has 0 aliphatic carbocycles. The van der Waals surface area contributed by atoms with E-state index in [4.69, 9.17) is 11.6 Å². The standard InChI is InChI=1S/C17H20ClFN2S/c18-17-11-15(19)5-4-14(17)12-20-6-2-7-21(9-8-20)13-16-3-1-10-22-16/h1,3-5,10-11H,2,6-9,12-13H2. The van der Waals surface area contributed by atoms with E-state index in [0.29, 0.717) is 5.02 Å². The number of rotatable bonds is 4. The summed E-state index contributed by atoms with van der Waals surface area (Å²) in [5, 5.41) is 2.66. The lowest BCUT2D eigenvalue weighted by Gasteiger charge is -2.22. The lowest BCUT2D eigenvalue weighted by atomic mass is 10.2. The molecule has 1 aromatic heterocycles. The van der Waals surface area contributed by atoms with Crippen molar-refractivity contribution in [3.05, 3.63) is 57.0 Å². The zero-order valence-corrected chi connectivity index (χ0v) is 14.0. The van der Waals surface area contributed by atoms with Gasteiger partial charge in [0.05, 0.1) is 0 Å². The first kappa shape index (κ1) is 15.9. The number of nitrogens with zero attached hydrogens (tertiary/aromatic N) is 2. The summed E-state index contributed by atoms with van der Waals surface area (Å²) in [6, 6.07) is 9.00. The van der Waals surface area contributed by atoms with Crippen molar-refractivity contribution in [2.24, 2.45) is 0 Å². The molecular weight excluding hydrogens is 319 g/mol. The molecule has 0 atom stereocenters. The zero-order chi connectivity index (χ0) is 15.4. The molecule has 1 aliphatic rings. The Morgan fingerprint density at radius 1 is 1.05 bits per heavy atom. The summed E-state index contributed by atoms with van der Waals surface area (Å²) in [6.45, 7) is 6.13. The van der Waals surface area contributed by atoms with Crippen LogP contribution in [0.4, 0.5) is 4.39 Å². The molecule has 0 saturated carbocycles. The lowest BCUT2D eigenvalue weighted by Crippen LogP contribution is -2.30. The fourth-order valence-corrected chi connectivity index (χ4v) is 3.83. The molecule has 22 heavy (non-hydrogen) atoms. The largest absolute Gasteiger partial charge is 0.298 e. The fourth-order valence-electron chi connectivity index (χ4n) is 2.85. The highest BCUT2D eigenvalue weighted by molar-refractivity contribution is 7.09. The number of hydrogen-bond donors (Lipinski definition) is 0. The molecule has 118 valence electrons. The van der Waals surface area contributed by atoms with Gasteiger partial charge < -0.3 is 0 Å². The lowest BCUT2D eigenvalue weighted by molar-refractivity contribution is 0.248. The highest BCUT2D eigenvalue weighted by Gasteiger charge is 2.16. The molecule has 0 unspecified atom stereocenters. The van der Waals surface area contributed by atoms with Gasteiger partial charge in [-0.05, 0) is 48.7 Å². The van der Waals surface area contributed by atoms with Crippen LogP contribution in [0.5, 0.6) is 0 Å². The molecule has 0 spiro atoms. The van der Waals surface area contributed by atoms with E-state index in [1.54, 1.807) is 6.07 Å². The minimum Gasteiger partial charge on any atom is -0.298 e. The first-order valence-corrected chi connectivity index (χ1v) is 8.87. The molecule has 2 nitrogen and oxygen atoms in total. The van der Waals surface area contributed by atoms with Crippen molar-refractivity contribution < 1.29 is 4.39 Å². The van der Waals surface area contributed by atoms with Gasteiger partial charge in [0.2, 0.25) is 0 Å². The maximum Gasteiger partial charge on any atom is 0.124 e. The molecule has 1 fully saturated rings. The Morgan fingerprint density at radius 2 is 1.82 bits per heavy atom. The third kappa shape index (κ3) is 4.29. The van der Waals surface area contributed by atoms with Crippen molar-refractivity contribution in [2.45, 2.75) is 19.5 Å². The number of hydrogen-bond acceptors (Lipinski definition) is 3. The van der Waals surface area contributed by atoms with Crippen LogP contribution in [0.15, 0.2) is 35.7 Å². The maximum absolute atomic E-state index is 13.1. The highest BCUT2D eigenvalue weighted by atomic mass is 35.5. The minimum atomic E-state index is -0.272. The van der Waals surface area contributed by atoms with Crippen molar-refractivity contribution in [3.8, 4) is 0 Å². The van der Waals surface area contributed by atoms with Crippen LogP contribution in [0.3, 0.4) is 0 Å². The maximum atomic E-state index is 13.1. The number of thiophene rings is 1. The highest BCUT2D eigenvalue weighted by Crippen LogP contribution is 2.20. The van der Waals surface area contributed by atoms with Gasteiger partial charge in [-0.2, -0.15) is 0 Å². The molecule has 1 aliphatic heterocycles. The van der Waals surface area contributed by atoms with Crippen LogP contribution in [0.25, 0.3) is 0 Å². The Morgan fingerprint density at radius 3 is 2.50 bits per heavy atom. The van der Waals surface area contributed by atoms with E-state index in [9.17, 15) is 4.39 Å². The first-order valence-electron chi connectivity index (χ1n) is 7.62. The molecule has 2 heterocycles. The van der Waals surface area contributed by atoms with Gasteiger partial charge in [-0.1, -0.05) is 23.7 Å². The first-order chi connectivity index (χ1) is 10.7. The van der Waals surface area contributed by atoms with E-state index in [0.717, 1.165) is 51.3 Å². The van der Waals surface area contributed by atoms with Gasteiger partial charge in [0.25, 0.3) is 0 Å². The van der Waals surface area contributed by atoms with Crippen LogP contribution in [-0.2, 0) is 13.1 Å². The normalized spacial score (nSPS) is 17.5. The Bertz CT molecular complexity index is 603. The number of halogens is 2. The van der Waals surface area contributed by atoms with Crippen molar-refractivity contribution in [1.29, 1.82) is 0 Å². The van der Waals surface area contributed by atoms with E-state index >= 15 is 0 Å². The predicted octanol–water partition coefficient (Wildman–Crippen LogP) is 4.25. The summed E-state index contributed by atoms with van der Waals surface area (Å²) < 4.78 is 13.1. The van der Waals surface area contributed by atoms with E-state index in [2.05, 4.69) is 27.3 Å². The monoisotopic (exact) mass is 338 g/mol. The van der Waals surface area contributed by atoms with Gasteiger partial charge in [0.15, 0.2) is 0 Å².